The summed E-state index contributed by atoms with van der Waals surface area (Å²) in [7, 11) is 0. The van der Waals surface area contributed by atoms with E-state index < -0.39 is 5.03 Å². The van der Waals surface area contributed by atoms with Crippen molar-refractivity contribution in [2.24, 2.45) is 5.11 Å². The van der Waals surface area contributed by atoms with Crippen LogP contribution in [0, 0.1) is 10.1 Å². The number of nitrogens with zero attached hydrogens (tertiary/aromatic N) is 6. The van der Waals surface area contributed by atoms with Crippen molar-refractivity contribution in [2.45, 2.75) is 0 Å². The Kier molecular flexibility index (Phi) is 2.04. The second kappa shape index (κ2) is 3.16. The molecule has 1 aromatic heterocycles. The molecule has 0 atom stereocenters. The van der Waals surface area contributed by atoms with E-state index in [1.165, 1.54) is 0 Å². The van der Waals surface area contributed by atoms with E-state index in [-0.39, 0.29) is 11.6 Å². The molecular formula is C2H2N8O2. The highest BCUT2D eigenvalue weighted by molar-refractivity contribution is 5.51. The van der Waals surface area contributed by atoms with Gasteiger partial charge < -0.3 is 0 Å². The molecule has 0 aliphatic heterocycles. The first-order chi connectivity index (χ1) is 5.74. The summed E-state index contributed by atoms with van der Waals surface area (Å²) in [6.07, 6.45) is 0. The standard InChI is InChI=1S/C2H2N8O2/c3-8-4-1-2(6-9-5-1)7-10(11)12/h(H2,5,6,7,9). The minimum absolute atomic E-state index is 0.200. The number of rotatable bonds is 3. The fourth-order valence-corrected chi connectivity index (χ4v) is 0.499. The van der Waals surface area contributed by atoms with Gasteiger partial charge in [0.25, 0.3) is 0 Å². The van der Waals surface area contributed by atoms with Crippen LogP contribution in [-0.4, -0.2) is 20.4 Å². The van der Waals surface area contributed by atoms with Crippen molar-refractivity contribution in [1.82, 2.24) is 15.4 Å². The number of hydrogen-bond acceptors (Lipinski definition) is 5. The van der Waals surface area contributed by atoms with Crippen LogP contribution in [0.1, 0.15) is 0 Å². The molecule has 0 fully saturated rings. The van der Waals surface area contributed by atoms with Gasteiger partial charge in [-0.05, 0) is 10.6 Å². The van der Waals surface area contributed by atoms with Crippen molar-refractivity contribution >= 4 is 11.6 Å². The summed E-state index contributed by atoms with van der Waals surface area (Å²) in [5.41, 5.74) is 9.67. The Hall–Kier alpha value is -2.35. The summed E-state index contributed by atoms with van der Waals surface area (Å²) in [6, 6.07) is 0. The first-order valence-corrected chi connectivity index (χ1v) is 2.61. The summed E-state index contributed by atoms with van der Waals surface area (Å²) in [4.78, 5) is 12.3. The first kappa shape index (κ1) is 7.75. The number of nitrogens with one attached hydrogen (secondary N) is 2. The molecule has 0 spiro atoms. The number of azide groups is 1. The molecule has 0 saturated heterocycles. The molecule has 1 heterocycles. The molecule has 1 aromatic rings. The smallest absolute Gasteiger partial charge is 0.234 e. The van der Waals surface area contributed by atoms with Crippen LogP contribution in [0.25, 0.3) is 10.4 Å². The maximum Gasteiger partial charge on any atom is 0.241 e. The van der Waals surface area contributed by atoms with Gasteiger partial charge >= 0.3 is 0 Å². The van der Waals surface area contributed by atoms with Crippen molar-refractivity contribution in [3.63, 3.8) is 0 Å². The Bertz CT molecular complexity index is 335. The maximum atomic E-state index is 9.90. The van der Waals surface area contributed by atoms with E-state index in [2.05, 4.69) is 25.4 Å². The van der Waals surface area contributed by atoms with Crippen LogP contribution in [-0.2, 0) is 0 Å². The van der Waals surface area contributed by atoms with Crippen molar-refractivity contribution in [1.29, 1.82) is 0 Å². The average molecular weight is 170 g/mol. The summed E-state index contributed by atoms with van der Waals surface area (Å²) in [6.45, 7) is 0. The van der Waals surface area contributed by atoms with Gasteiger partial charge in [0.15, 0.2) is 10.9 Å². The lowest BCUT2D eigenvalue weighted by Gasteiger charge is -1.88. The molecule has 0 aromatic carbocycles. The Balaban J connectivity index is 2.91. The van der Waals surface area contributed by atoms with E-state index >= 15 is 0 Å². The molecule has 0 bridgehead atoms. The van der Waals surface area contributed by atoms with Crippen molar-refractivity contribution < 1.29 is 5.03 Å². The highest BCUT2D eigenvalue weighted by atomic mass is 16.7. The average Bonchev–Trinajstić information content (AvgIpc) is 2.37. The lowest BCUT2D eigenvalue weighted by atomic mass is 10.7. The molecule has 0 aliphatic rings. The first-order valence-electron chi connectivity index (χ1n) is 2.61. The lowest BCUT2D eigenvalue weighted by molar-refractivity contribution is -0.445. The molecule has 0 saturated carbocycles. The van der Waals surface area contributed by atoms with Crippen LogP contribution in [0.15, 0.2) is 5.11 Å². The van der Waals surface area contributed by atoms with Crippen LogP contribution in [0.5, 0.6) is 0 Å². The molecular weight excluding hydrogens is 168 g/mol. The van der Waals surface area contributed by atoms with E-state index in [0.717, 1.165) is 0 Å². The third-order valence-corrected chi connectivity index (χ3v) is 0.866. The number of H-pyrrole nitrogens is 1. The lowest BCUT2D eigenvalue weighted by Crippen LogP contribution is -2.08. The zero-order valence-corrected chi connectivity index (χ0v) is 5.50. The number of hydrazine groups is 1. The summed E-state index contributed by atoms with van der Waals surface area (Å²) in [5, 5.41) is 20.8. The number of anilines is 1. The summed E-state index contributed by atoms with van der Waals surface area (Å²) < 4.78 is 0. The third kappa shape index (κ3) is 1.58. The molecule has 10 nitrogen and oxygen atoms in total. The largest absolute Gasteiger partial charge is 0.241 e. The second-order valence-electron chi connectivity index (χ2n) is 1.55. The van der Waals surface area contributed by atoms with Crippen molar-refractivity contribution in [3.05, 3.63) is 20.6 Å². The molecule has 0 unspecified atom stereocenters. The van der Waals surface area contributed by atoms with Gasteiger partial charge in [-0.25, -0.2) is 10.1 Å². The van der Waals surface area contributed by atoms with Crippen molar-refractivity contribution in [2.75, 3.05) is 5.43 Å². The maximum absolute atomic E-state index is 9.90. The number of nitro groups is 1. The zero-order valence-electron chi connectivity index (χ0n) is 5.50. The van der Waals surface area contributed by atoms with Crippen molar-refractivity contribution in [3.8, 4) is 0 Å². The highest BCUT2D eigenvalue weighted by Gasteiger charge is 2.09. The van der Waals surface area contributed by atoms with Gasteiger partial charge in [-0.3, -0.25) is 0 Å². The number of aromatic nitrogens is 3. The molecule has 62 valence electrons. The second-order valence-corrected chi connectivity index (χ2v) is 1.55. The van der Waals surface area contributed by atoms with E-state index in [1.54, 1.807) is 5.43 Å². The van der Waals surface area contributed by atoms with Crippen LogP contribution >= 0.6 is 0 Å². The van der Waals surface area contributed by atoms with E-state index in [1.807, 2.05) is 0 Å². The van der Waals surface area contributed by atoms with E-state index in [9.17, 15) is 10.1 Å². The van der Waals surface area contributed by atoms with Crippen LogP contribution in [0.4, 0.5) is 11.6 Å². The Morgan fingerprint density at radius 2 is 2.50 bits per heavy atom. The van der Waals surface area contributed by atoms with Gasteiger partial charge in [-0.1, -0.05) is 5.43 Å². The number of hydrogen-bond donors (Lipinski definition) is 2. The van der Waals surface area contributed by atoms with Gasteiger partial charge in [-0.15, -0.1) is 5.10 Å². The van der Waals surface area contributed by atoms with Gasteiger partial charge in [0, 0.05) is 4.91 Å². The van der Waals surface area contributed by atoms with Gasteiger partial charge in [0.1, 0.15) is 0 Å². The fraction of sp³-hybridized carbons (Fsp3) is 0. The third-order valence-electron chi connectivity index (χ3n) is 0.866. The topological polar surface area (TPSA) is 146 Å². The predicted molar refractivity (Wildman–Crippen MR) is 35.8 cm³/mol. The minimum Gasteiger partial charge on any atom is -0.234 e. The van der Waals surface area contributed by atoms with Crippen LogP contribution < -0.4 is 5.43 Å². The Morgan fingerprint density at radius 1 is 1.75 bits per heavy atom. The number of aromatic amines is 1. The SMILES string of the molecule is [N-]=[N+]=Nc1n[nH]nc1N[N+](=O)[O-]. The molecule has 2 N–H and O–H groups in total. The van der Waals surface area contributed by atoms with Crippen LogP contribution in [0.3, 0.4) is 0 Å². The van der Waals surface area contributed by atoms with Gasteiger partial charge in [0.2, 0.25) is 5.82 Å². The normalized spacial score (nSPS) is 8.67. The van der Waals surface area contributed by atoms with Crippen LogP contribution in [0.2, 0.25) is 0 Å². The predicted octanol–water partition coefficient (Wildman–Crippen LogP) is 0.350. The van der Waals surface area contributed by atoms with E-state index in [4.69, 9.17) is 5.53 Å². The molecule has 0 aliphatic carbocycles. The molecule has 0 amide bonds. The molecule has 12 heavy (non-hydrogen) atoms. The highest BCUT2D eigenvalue weighted by Crippen LogP contribution is 2.16. The Labute approximate surface area is 64.3 Å². The zero-order chi connectivity index (χ0) is 8.97. The molecule has 0 radical (unpaired) electrons. The fourth-order valence-electron chi connectivity index (χ4n) is 0.499. The molecule has 10 heteroatoms. The van der Waals surface area contributed by atoms with Gasteiger partial charge in [0.05, 0.1) is 0 Å². The summed E-state index contributed by atoms with van der Waals surface area (Å²) in [5.74, 6) is -0.424. The molecule has 1 rings (SSSR count). The van der Waals surface area contributed by atoms with E-state index in [0.29, 0.717) is 0 Å². The quantitative estimate of drug-likeness (QED) is 0.221. The Morgan fingerprint density at radius 3 is 3.08 bits per heavy atom. The minimum atomic E-state index is -0.839. The van der Waals surface area contributed by atoms with Gasteiger partial charge in [-0.2, -0.15) is 10.3 Å². The summed E-state index contributed by atoms with van der Waals surface area (Å²) >= 11 is 0. The monoisotopic (exact) mass is 170 g/mol.